The summed E-state index contributed by atoms with van der Waals surface area (Å²) in [6.45, 7) is 4.35. The number of hydrogen-bond donors (Lipinski definition) is 2. The van der Waals surface area contributed by atoms with Gasteiger partial charge in [-0.25, -0.2) is 0 Å². The van der Waals surface area contributed by atoms with E-state index in [4.69, 9.17) is 11.6 Å². The molecule has 1 aliphatic heterocycles. The molecule has 3 rings (SSSR count). The second kappa shape index (κ2) is 9.35. The van der Waals surface area contributed by atoms with Crippen LogP contribution in [0.3, 0.4) is 0 Å². The summed E-state index contributed by atoms with van der Waals surface area (Å²) >= 11 is 7.55. The van der Waals surface area contributed by atoms with Crippen LogP contribution in [0.2, 0.25) is 5.02 Å². The number of rotatable bonds is 7. The van der Waals surface area contributed by atoms with E-state index in [-0.39, 0.29) is 17.9 Å². The third kappa shape index (κ3) is 5.31. The molecule has 1 aromatic carbocycles. The predicted molar refractivity (Wildman–Crippen MR) is 109 cm³/mol. The van der Waals surface area contributed by atoms with Gasteiger partial charge in [-0.1, -0.05) is 17.7 Å². The fourth-order valence-corrected chi connectivity index (χ4v) is 4.23. The molecule has 0 radical (unpaired) electrons. The first kappa shape index (κ1) is 19.9. The van der Waals surface area contributed by atoms with Gasteiger partial charge in [0.15, 0.2) is 0 Å². The van der Waals surface area contributed by atoms with Gasteiger partial charge in [-0.3, -0.25) is 14.5 Å². The van der Waals surface area contributed by atoms with Crippen molar-refractivity contribution in [1.82, 2.24) is 15.5 Å². The minimum atomic E-state index is -0.615. The highest BCUT2D eigenvalue weighted by atomic mass is 35.5. The highest BCUT2D eigenvalue weighted by Gasteiger charge is 2.25. The predicted octanol–water partition coefficient (Wildman–Crippen LogP) is 3.47. The van der Waals surface area contributed by atoms with Crippen LogP contribution in [0.15, 0.2) is 41.8 Å². The van der Waals surface area contributed by atoms with E-state index in [9.17, 15) is 9.59 Å². The Balaban J connectivity index is 1.55. The lowest BCUT2D eigenvalue weighted by atomic mass is 10.2. The maximum Gasteiger partial charge on any atom is 0.251 e. The Bertz CT molecular complexity index is 758. The molecule has 0 spiro atoms. The number of thiophene rings is 1. The average molecular weight is 406 g/mol. The molecule has 0 aliphatic carbocycles. The number of hydrogen-bond acceptors (Lipinski definition) is 4. The fourth-order valence-electron chi connectivity index (χ4n) is 3.24. The molecular weight excluding hydrogens is 382 g/mol. The van der Waals surface area contributed by atoms with E-state index < -0.39 is 6.04 Å². The van der Waals surface area contributed by atoms with Gasteiger partial charge in [0, 0.05) is 22.0 Å². The zero-order valence-electron chi connectivity index (χ0n) is 15.3. The first-order chi connectivity index (χ1) is 13.0. The Hall–Kier alpha value is -1.89. The van der Waals surface area contributed by atoms with Gasteiger partial charge in [0.25, 0.3) is 5.91 Å². The summed E-state index contributed by atoms with van der Waals surface area (Å²) in [6, 6.07) is 10.3. The van der Waals surface area contributed by atoms with Crippen LogP contribution in [0.1, 0.15) is 41.0 Å². The minimum Gasteiger partial charge on any atom is -0.352 e. The smallest absolute Gasteiger partial charge is 0.251 e. The third-order valence-electron chi connectivity index (χ3n) is 4.77. The molecule has 2 aromatic rings. The van der Waals surface area contributed by atoms with Crippen LogP contribution < -0.4 is 10.6 Å². The molecule has 2 atom stereocenters. The van der Waals surface area contributed by atoms with Crippen molar-refractivity contribution in [2.24, 2.45) is 0 Å². The molecule has 1 saturated heterocycles. The highest BCUT2D eigenvalue weighted by molar-refractivity contribution is 7.10. The van der Waals surface area contributed by atoms with E-state index in [1.807, 2.05) is 6.07 Å². The molecule has 2 N–H and O–H groups in total. The van der Waals surface area contributed by atoms with E-state index in [0.717, 1.165) is 13.1 Å². The molecule has 27 heavy (non-hydrogen) atoms. The van der Waals surface area contributed by atoms with Gasteiger partial charge in [0.1, 0.15) is 6.04 Å². The quantitative estimate of drug-likeness (QED) is 0.741. The molecule has 0 bridgehead atoms. The Morgan fingerprint density at radius 3 is 2.52 bits per heavy atom. The number of likely N-dealkylation sites (tertiary alicyclic amines) is 1. The Labute approximate surface area is 168 Å². The van der Waals surface area contributed by atoms with Crippen molar-refractivity contribution in [1.29, 1.82) is 0 Å². The van der Waals surface area contributed by atoms with E-state index in [1.54, 1.807) is 42.5 Å². The van der Waals surface area contributed by atoms with Crippen molar-refractivity contribution in [2.45, 2.75) is 31.8 Å². The summed E-state index contributed by atoms with van der Waals surface area (Å²) in [5.41, 5.74) is 0.479. The van der Waals surface area contributed by atoms with Gasteiger partial charge in [0.05, 0.1) is 6.04 Å². The van der Waals surface area contributed by atoms with Gasteiger partial charge >= 0.3 is 0 Å². The van der Waals surface area contributed by atoms with Crippen molar-refractivity contribution in [2.75, 3.05) is 19.6 Å². The fraction of sp³-hybridized carbons (Fsp3) is 0.400. The van der Waals surface area contributed by atoms with Crippen molar-refractivity contribution in [3.63, 3.8) is 0 Å². The summed E-state index contributed by atoms with van der Waals surface area (Å²) in [4.78, 5) is 28.4. The van der Waals surface area contributed by atoms with E-state index in [2.05, 4.69) is 27.0 Å². The lowest BCUT2D eigenvalue weighted by molar-refractivity contribution is -0.122. The SMILES string of the molecule is CC(NC(=O)c1ccc(Cl)cc1)C(=O)NCC(c1cccs1)N1CCCC1. The monoisotopic (exact) mass is 405 g/mol. The van der Waals surface area contributed by atoms with Crippen LogP contribution in [0.4, 0.5) is 0 Å². The van der Waals surface area contributed by atoms with Crippen LogP contribution in [-0.2, 0) is 4.79 Å². The first-order valence-corrected chi connectivity index (χ1v) is 10.4. The van der Waals surface area contributed by atoms with E-state index in [1.165, 1.54) is 17.7 Å². The molecule has 0 saturated carbocycles. The molecule has 5 nitrogen and oxygen atoms in total. The second-order valence-corrected chi connectivity index (χ2v) is 8.14. The number of amides is 2. The average Bonchev–Trinajstić information content (AvgIpc) is 3.36. The summed E-state index contributed by atoms with van der Waals surface area (Å²) in [7, 11) is 0. The zero-order valence-corrected chi connectivity index (χ0v) is 16.9. The van der Waals surface area contributed by atoms with Crippen molar-refractivity contribution in [3.8, 4) is 0 Å². The van der Waals surface area contributed by atoms with Crippen molar-refractivity contribution < 1.29 is 9.59 Å². The number of halogens is 1. The summed E-state index contributed by atoms with van der Waals surface area (Å²) in [6.07, 6.45) is 2.40. The standard InChI is InChI=1S/C20H24ClN3O2S/c1-14(23-20(26)15-6-8-16(21)9-7-15)19(25)22-13-17(18-5-4-12-27-18)24-10-2-3-11-24/h4-9,12,14,17H,2-3,10-11,13H2,1H3,(H,22,25)(H,23,26). The Morgan fingerprint density at radius 2 is 1.89 bits per heavy atom. The number of benzene rings is 1. The second-order valence-electron chi connectivity index (χ2n) is 6.72. The zero-order chi connectivity index (χ0) is 19.2. The number of nitrogens with one attached hydrogen (secondary N) is 2. The van der Waals surface area contributed by atoms with Crippen LogP contribution in [0.5, 0.6) is 0 Å². The highest BCUT2D eigenvalue weighted by Crippen LogP contribution is 2.27. The summed E-state index contributed by atoms with van der Waals surface area (Å²) in [5, 5.41) is 8.38. The molecule has 1 fully saturated rings. The van der Waals surface area contributed by atoms with Crippen LogP contribution in [0.25, 0.3) is 0 Å². The third-order valence-corrected chi connectivity index (χ3v) is 6.00. The van der Waals surface area contributed by atoms with Gasteiger partial charge in [0.2, 0.25) is 5.91 Å². The maximum absolute atomic E-state index is 12.5. The first-order valence-electron chi connectivity index (χ1n) is 9.16. The van der Waals surface area contributed by atoms with Crippen LogP contribution >= 0.6 is 22.9 Å². The van der Waals surface area contributed by atoms with Gasteiger partial charge in [-0.15, -0.1) is 11.3 Å². The normalized spacial score (nSPS) is 16.7. The van der Waals surface area contributed by atoms with Gasteiger partial charge in [-0.05, 0) is 68.6 Å². The molecule has 144 valence electrons. The Morgan fingerprint density at radius 1 is 1.19 bits per heavy atom. The molecule has 2 heterocycles. The molecule has 2 unspecified atom stereocenters. The molecule has 7 heteroatoms. The minimum absolute atomic E-state index is 0.182. The summed E-state index contributed by atoms with van der Waals surface area (Å²) < 4.78 is 0. The van der Waals surface area contributed by atoms with E-state index in [0.29, 0.717) is 17.1 Å². The van der Waals surface area contributed by atoms with Gasteiger partial charge < -0.3 is 10.6 Å². The lowest BCUT2D eigenvalue weighted by Gasteiger charge is -2.27. The van der Waals surface area contributed by atoms with Crippen LogP contribution in [-0.4, -0.2) is 42.4 Å². The molecule has 1 aromatic heterocycles. The van der Waals surface area contributed by atoms with Crippen LogP contribution in [0, 0.1) is 0 Å². The molecule has 1 aliphatic rings. The van der Waals surface area contributed by atoms with Gasteiger partial charge in [-0.2, -0.15) is 0 Å². The van der Waals surface area contributed by atoms with Crippen molar-refractivity contribution in [3.05, 3.63) is 57.2 Å². The number of carbonyl (C=O) groups is 2. The molecule has 2 amide bonds. The lowest BCUT2D eigenvalue weighted by Crippen LogP contribution is -2.47. The maximum atomic E-state index is 12.5. The van der Waals surface area contributed by atoms with Crippen molar-refractivity contribution >= 4 is 34.8 Å². The largest absolute Gasteiger partial charge is 0.352 e. The Kier molecular flexibility index (Phi) is 6.88. The summed E-state index contributed by atoms with van der Waals surface area (Å²) in [5.74, 6) is -0.471. The number of nitrogens with zero attached hydrogens (tertiary/aromatic N) is 1. The van der Waals surface area contributed by atoms with E-state index >= 15 is 0 Å². The number of carbonyl (C=O) groups excluding carboxylic acids is 2. The topological polar surface area (TPSA) is 61.4 Å². The molecular formula is C20H24ClN3O2S.